The van der Waals surface area contributed by atoms with Gasteiger partial charge in [0.1, 0.15) is 0 Å². The van der Waals surface area contributed by atoms with Crippen molar-refractivity contribution in [2.75, 3.05) is 7.05 Å². The molecular weight excluding hydrogens is 210 g/mol. The minimum Gasteiger partial charge on any atom is -0.298 e. The Morgan fingerprint density at radius 1 is 1.29 bits per heavy atom. The number of hydrogen-bond acceptors (Lipinski definition) is 2. The molecule has 2 heteroatoms. The van der Waals surface area contributed by atoms with Crippen molar-refractivity contribution in [3.63, 3.8) is 0 Å². The molecule has 0 N–H and O–H groups in total. The van der Waals surface area contributed by atoms with E-state index in [1.807, 2.05) is 18.2 Å². The van der Waals surface area contributed by atoms with E-state index in [9.17, 15) is 4.79 Å². The lowest BCUT2D eigenvalue weighted by atomic mass is 9.70. The highest BCUT2D eigenvalue weighted by molar-refractivity contribution is 5.94. The Morgan fingerprint density at radius 3 is 2.35 bits per heavy atom. The van der Waals surface area contributed by atoms with E-state index in [0.717, 1.165) is 19.3 Å². The zero-order chi connectivity index (χ0) is 12.5. The fourth-order valence-corrected chi connectivity index (χ4v) is 2.63. The minimum atomic E-state index is -0.241. The molecule has 1 aliphatic carbocycles. The molecular formula is C15H21NO. The first-order valence-corrected chi connectivity index (χ1v) is 6.36. The van der Waals surface area contributed by atoms with E-state index < -0.39 is 0 Å². The van der Waals surface area contributed by atoms with Gasteiger partial charge in [0, 0.05) is 12.5 Å². The van der Waals surface area contributed by atoms with Crippen LogP contribution in [-0.4, -0.2) is 29.3 Å². The molecule has 17 heavy (non-hydrogen) atoms. The quantitative estimate of drug-likeness (QED) is 0.794. The number of hydrogen-bond donors (Lipinski definition) is 0. The average Bonchev–Trinajstić information content (AvgIpc) is 2.34. The van der Waals surface area contributed by atoms with Gasteiger partial charge in [0.05, 0.1) is 5.54 Å². The fourth-order valence-electron chi connectivity index (χ4n) is 2.63. The fraction of sp³-hybridized carbons (Fsp3) is 0.533. The van der Waals surface area contributed by atoms with Crippen molar-refractivity contribution in [1.82, 2.24) is 4.90 Å². The summed E-state index contributed by atoms with van der Waals surface area (Å²) in [5.41, 5.74) is 1.02. The summed E-state index contributed by atoms with van der Waals surface area (Å²) in [6.07, 6.45) is 2.58. The monoisotopic (exact) mass is 231 g/mol. The zero-order valence-electron chi connectivity index (χ0n) is 10.9. The SMILES string of the molecule is CC(C)N(C)C1(Cc2ccccc2)CCC1=O. The standard InChI is InChI=1S/C15H21NO/c1-12(2)16(3)15(10-9-14(15)17)11-13-7-5-4-6-8-13/h4-8,12H,9-11H2,1-3H3. The topological polar surface area (TPSA) is 20.3 Å². The maximum absolute atomic E-state index is 12.1. The molecule has 0 aliphatic heterocycles. The van der Waals surface area contributed by atoms with E-state index >= 15 is 0 Å². The van der Waals surface area contributed by atoms with Gasteiger partial charge in [-0.05, 0) is 39.3 Å². The molecule has 1 aromatic rings. The van der Waals surface area contributed by atoms with Crippen molar-refractivity contribution < 1.29 is 4.79 Å². The van der Waals surface area contributed by atoms with Crippen molar-refractivity contribution in [2.24, 2.45) is 0 Å². The van der Waals surface area contributed by atoms with Crippen molar-refractivity contribution in [2.45, 2.75) is 44.7 Å². The van der Waals surface area contributed by atoms with Crippen LogP contribution in [0.2, 0.25) is 0 Å². The molecule has 92 valence electrons. The Labute approximate surface area is 104 Å². The van der Waals surface area contributed by atoms with Crippen LogP contribution in [0.15, 0.2) is 30.3 Å². The number of ketones is 1. The van der Waals surface area contributed by atoms with E-state index in [0.29, 0.717) is 11.8 Å². The van der Waals surface area contributed by atoms with Gasteiger partial charge in [0.2, 0.25) is 0 Å². The Morgan fingerprint density at radius 2 is 1.94 bits per heavy atom. The highest BCUT2D eigenvalue weighted by atomic mass is 16.1. The van der Waals surface area contributed by atoms with Crippen LogP contribution in [0.4, 0.5) is 0 Å². The Balaban J connectivity index is 2.22. The lowest BCUT2D eigenvalue weighted by molar-refractivity contribution is -0.142. The van der Waals surface area contributed by atoms with E-state index in [-0.39, 0.29) is 5.54 Å². The molecule has 1 atom stereocenters. The number of carbonyl (C=O) groups excluding carboxylic acids is 1. The van der Waals surface area contributed by atoms with Gasteiger partial charge < -0.3 is 0 Å². The Hall–Kier alpha value is -1.15. The highest BCUT2D eigenvalue weighted by Crippen LogP contribution is 2.37. The average molecular weight is 231 g/mol. The Kier molecular flexibility index (Phi) is 3.34. The smallest absolute Gasteiger partial charge is 0.153 e. The number of Topliss-reactive ketones (excluding diaryl/α,β-unsaturated/α-hetero) is 1. The van der Waals surface area contributed by atoms with Crippen LogP contribution < -0.4 is 0 Å². The summed E-state index contributed by atoms with van der Waals surface area (Å²) in [4.78, 5) is 14.3. The van der Waals surface area contributed by atoms with Crippen LogP contribution in [0.5, 0.6) is 0 Å². The van der Waals surface area contributed by atoms with Crippen molar-refractivity contribution >= 4 is 5.78 Å². The van der Waals surface area contributed by atoms with E-state index in [1.165, 1.54) is 5.56 Å². The number of rotatable bonds is 4. The van der Waals surface area contributed by atoms with Crippen molar-refractivity contribution in [3.8, 4) is 0 Å². The molecule has 1 unspecified atom stereocenters. The van der Waals surface area contributed by atoms with E-state index in [1.54, 1.807) is 0 Å². The number of likely N-dealkylation sites (N-methyl/N-ethyl adjacent to an activating group) is 1. The summed E-state index contributed by atoms with van der Waals surface area (Å²) in [5, 5.41) is 0. The van der Waals surface area contributed by atoms with Crippen molar-refractivity contribution in [1.29, 1.82) is 0 Å². The third-order valence-electron chi connectivity index (χ3n) is 4.07. The third-order valence-corrected chi connectivity index (χ3v) is 4.07. The van der Waals surface area contributed by atoms with Gasteiger partial charge in [0.15, 0.2) is 5.78 Å². The normalized spacial score (nSPS) is 24.2. The number of carbonyl (C=O) groups is 1. The molecule has 1 fully saturated rings. The maximum atomic E-state index is 12.1. The molecule has 0 amide bonds. The molecule has 0 radical (unpaired) electrons. The predicted molar refractivity (Wildman–Crippen MR) is 70.0 cm³/mol. The van der Waals surface area contributed by atoms with Crippen molar-refractivity contribution in [3.05, 3.63) is 35.9 Å². The highest BCUT2D eigenvalue weighted by Gasteiger charge is 2.49. The molecule has 2 nitrogen and oxygen atoms in total. The second-order valence-electron chi connectivity index (χ2n) is 5.32. The summed E-state index contributed by atoms with van der Waals surface area (Å²) in [5.74, 6) is 0.401. The first kappa shape index (κ1) is 12.3. The largest absolute Gasteiger partial charge is 0.298 e. The molecule has 0 saturated heterocycles. The van der Waals surface area contributed by atoms with Crippen LogP contribution in [0.1, 0.15) is 32.3 Å². The molecule has 0 aromatic heterocycles. The van der Waals surface area contributed by atoms with Crippen LogP contribution >= 0.6 is 0 Å². The van der Waals surface area contributed by atoms with Gasteiger partial charge in [-0.15, -0.1) is 0 Å². The summed E-state index contributed by atoms with van der Waals surface area (Å²) in [7, 11) is 2.07. The number of benzene rings is 1. The molecule has 1 aromatic carbocycles. The van der Waals surface area contributed by atoms with Gasteiger partial charge in [-0.25, -0.2) is 0 Å². The first-order valence-electron chi connectivity index (χ1n) is 6.36. The summed E-state index contributed by atoms with van der Waals surface area (Å²) in [6, 6.07) is 10.7. The summed E-state index contributed by atoms with van der Waals surface area (Å²) < 4.78 is 0. The second kappa shape index (κ2) is 4.61. The predicted octanol–water partition coefficient (Wildman–Crippen LogP) is 2.67. The van der Waals surface area contributed by atoms with Crippen LogP contribution in [-0.2, 0) is 11.2 Å². The van der Waals surface area contributed by atoms with Gasteiger partial charge in [0.25, 0.3) is 0 Å². The minimum absolute atomic E-state index is 0.241. The van der Waals surface area contributed by atoms with E-state index in [2.05, 4.69) is 37.9 Å². The Bertz CT molecular complexity index is 399. The molecule has 0 bridgehead atoms. The van der Waals surface area contributed by atoms with Gasteiger partial charge >= 0.3 is 0 Å². The zero-order valence-corrected chi connectivity index (χ0v) is 10.9. The van der Waals surface area contributed by atoms with Gasteiger partial charge in [-0.3, -0.25) is 9.69 Å². The first-order chi connectivity index (χ1) is 8.06. The second-order valence-corrected chi connectivity index (χ2v) is 5.32. The van der Waals surface area contributed by atoms with Gasteiger partial charge in [-0.1, -0.05) is 30.3 Å². The molecule has 0 spiro atoms. The van der Waals surface area contributed by atoms with Crippen LogP contribution in [0.25, 0.3) is 0 Å². The third kappa shape index (κ3) is 2.14. The molecule has 1 aliphatic rings. The molecule has 0 heterocycles. The lowest BCUT2D eigenvalue weighted by Crippen LogP contribution is -2.62. The number of nitrogens with zero attached hydrogens (tertiary/aromatic N) is 1. The van der Waals surface area contributed by atoms with E-state index in [4.69, 9.17) is 0 Å². The van der Waals surface area contributed by atoms with Crippen LogP contribution in [0, 0.1) is 0 Å². The lowest BCUT2D eigenvalue weighted by Gasteiger charge is -2.49. The molecule has 1 saturated carbocycles. The van der Waals surface area contributed by atoms with Crippen LogP contribution in [0.3, 0.4) is 0 Å². The van der Waals surface area contributed by atoms with Gasteiger partial charge in [-0.2, -0.15) is 0 Å². The summed E-state index contributed by atoms with van der Waals surface area (Å²) in [6.45, 7) is 4.30. The molecule has 2 rings (SSSR count). The maximum Gasteiger partial charge on any atom is 0.153 e. The summed E-state index contributed by atoms with van der Waals surface area (Å²) >= 11 is 0.